The first-order valence-electron chi connectivity index (χ1n) is 7.04. The molecule has 0 saturated carbocycles. The first-order chi connectivity index (χ1) is 10.8. The number of aryl methyl sites for hydroxylation is 1. The lowest BCUT2D eigenvalue weighted by molar-refractivity contribution is -0.00000443. The highest BCUT2D eigenvalue weighted by molar-refractivity contribution is 7.13. The average molecular weight is 345 g/mol. The van der Waals surface area contributed by atoms with Crippen LogP contribution in [0.15, 0.2) is 76.4 Å². The summed E-state index contributed by atoms with van der Waals surface area (Å²) in [6.45, 7) is 0.812. The molecule has 0 bridgehead atoms. The molecule has 0 radical (unpaired) electrons. The number of aromatic nitrogens is 1. The van der Waals surface area contributed by atoms with Crippen molar-refractivity contribution in [3.05, 3.63) is 71.7 Å². The molecule has 1 heterocycles. The number of azo groups is 1. The van der Waals surface area contributed by atoms with Gasteiger partial charge < -0.3 is 17.7 Å². The molecule has 0 spiro atoms. The smallest absolute Gasteiger partial charge is 0.317 e. The van der Waals surface area contributed by atoms with E-state index in [4.69, 9.17) is 0 Å². The molecule has 3 aromatic rings. The molecule has 0 saturated heterocycles. The second-order valence-corrected chi connectivity index (χ2v) is 5.76. The van der Waals surface area contributed by atoms with Crippen molar-refractivity contribution in [2.45, 2.75) is 6.54 Å². The Morgan fingerprint density at radius 3 is 2.48 bits per heavy atom. The number of rotatable bonds is 5. The molecule has 6 heteroatoms. The standard InChI is InChI=1S/C17H17N4S.ClH/c1-21-11-12-22-17(21)20-19-16-9-7-15(8-10-16)18-13-14-5-3-2-4-6-14;/h2-12,18H,13H2,1H3;1H/q+1;/p-1. The molecule has 0 aliphatic heterocycles. The molecule has 0 aliphatic rings. The molecule has 23 heavy (non-hydrogen) atoms. The number of thiazole rings is 1. The van der Waals surface area contributed by atoms with Gasteiger partial charge >= 0.3 is 5.13 Å². The van der Waals surface area contributed by atoms with Crippen molar-refractivity contribution >= 4 is 27.8 Å². The summed E-state index contributed by atoms with van der Waals surface area (Å²) in [6, 6.07) is 18.3. The summed E-state index contributed by atoms with van der Waals surface area (Å²) in [6.07, 6.45) is 1.97. The van der Waals surface area contributed by atoms with Gasteiger partial charge in [-0.25, -0.2) is 4.57 Å². The maximum absolute atomic E-state index is 4.26. The first kappa shape index (κ1) is 17.1. The van der Waals surface area contributed by atoms with E-state index in [1.54, 1.807) is 11.3 Å². The van der Waals surface area contributed by atoms with Gasteiger partial charge in [-0.05, 0) is 29.8 Å². The fraction of sp³-hybridized carbons (Fsp3) is 0.118. The molecule has 0 fully saturated rings. The van der Waals surface area contributed by atoms with Crippen LogP contribution in [-0.2, 0) is 13.6 Å². The van der Waals surface area contributed by atoms with Crippen LogP contribution in [0.5, 0.6) is 0 Å². The summed E-state index contributed by atoms with van der Waals surface area (Å²) in [5.74, 6) is 0. The molecular formula is C17H17ClN4S. The van der Waals surface area contributed by atoms with Gasteiger partial charge in [0, 0.05) is 30.6 Å². The quantitative estimate of drug-likeness (QED) is 0.560. The van der Waals surface area contributed by atoms with Crippen LogP contribution in [0.3, 0.4) is 0 Å². The monoisotopic (exact) mass is 344 g/mol. The lowest BCUT2D eigenvalue weighted by Crippen LogP contribution is -3.00. The van der Waals surface area contributed by atoms with Gasteiger partial charge in [0.2, 0.25) is 0 Å². The van der Waals surface area contributed by atoms with Crippen molar-refractivity contribution in [2.24, 2.45) is 17.3 Å². The van der Waals surface area contributed by atoms with Gasteiger partial charge in [-0.3, -0.25) is 0 Å². The van der Waals surface area contributed by atoms with Gasteiger partial charge in [0.05, 0.1) is 5.69 Å². The Hall–Kier alpha value is -2.24. The van der Waals surface area contributed by atoms with Crippen LogP contribution < -0.4 is 17.7 Å². The normalized spacial score (nSPS) is 10.5. The molecule has 1 aromatic heterocycles. The number of hydrogen-bond acceptors (Lipinski definition) is 4. The van der Waals surface area contributed by atoms with Crippen molar-refractivity contribution < 1.29 is 12.4 Å². The maximum atomic E-state index is 4.26. The summed E-state index contributed by atoms with van der Waals surface area (Å²) < 4.78 is 1.95. The molecule has 1 N–H and O–H groups in total. The highest BCUT2D eigenvalue weighted by atomic mass is 35.5. The van der Waals surface area contributed by atoms with Crippen molar-refractivity contribution in [1.29, 1.82) is 0 Å². The summed E-state index contributed by atoms with van der Waals surface area (Å²) in [7, 11) is 1.96. The highest BCUT2D eigenvalue weighted by Crippen LogP contribution is 2.23. The largest absolute Gasteiger partial charge is 1.00 e. The Labute approximate surface area is 145 Å². The third kappa shape index (κ3) is 4.87. The maximum Gasteiger partial charge on any atom is 0.317 e. The number of benzene rings is 2. The lowest BCUT2D eigenvalue weighted by Gasteiger charge is -2.06. The zero-order valence-corrected chi connectivity index (χ0v) is 14.3. The summed E-state index contributed by atoms with van der Waals surface area (Å²) in [5.41, 5.74) is 3.18. The zero-order valence-electron chi connectivity index (χ0n) is 12.7. The SMILES string of the molecule is Cn1ccs[c+]1N=Nc1ccc(NCc2ccccc2)cc1.[Cl-]. The van der Waals surface area contributed by atoms with Crippen LogP contribution >= 0.6 is 11.3 Å². The molecular weight excluding hydrogens is 328 g/mol. The Kier molecular flexibility index (Phi) is 6.26. The fourth-order valence-electron chi connectivity index (χ4n) is 1.97. The second-order valence-electron chi connectivity index (χ2n) is 4.88. The number of halogens is 1. The van der Waals surface area contributed by atoms with Crippen LogP contribution in [0.4, 0.5) is 16.5 Å². The Morgan fingerprint density at radius 2 is 1.83 bits per heavy atom. The minimum absolute atomic E-state index is 0. The molecule has 0 aliphatic carbocycles. The van der Waals surface area contributed by atoms with Crippen molar-refractivity contribution in [1.82, 2.24) is 4.57 Å². The molecule has 0 amide bonds. The van der Waals surface area contributed by atoms with Crippen LogP contribution in [0.25, 0.3) is 0 Å². The predicted octanol–water partition coefficient (Wildman–Crippen LogP) is 2.40. The molecule has 0 atom stereocenters. The fourth-order valence-corrected chi connectivity index (χ4v) is 2.65. The van der Waals surface area contributed by atoms with E-state index < -0.39 is 0 Å². The predicted molar refractivity (Wildman–Crippen MR) is 92.1 cm³/mol. The van der Waals surface area contributed by atoms with Crippen LogP contribution in [0.1, 0.15) is 5.56 Å². The van der Waals surface area contributed by atoms with E-state index >= 15 is 0 Å². The zero-order chi connectivity index (χ0) is 15.2. The topological polar surface area (TPSA) is 41.7 Å². The van der Waals surface area contributed by atoms with E-state index in [9.17, 15) is 0 Å². The molecule has 118 valence electrons. The van der Waals surface area contributed by atoms with Gasteiger partial charge in [-0.15, -0.1) is 5.11 Å². The second kappa shape index (κ2) is 8.41. The van der Waals surface area contributed by atoms with Crippen molar-refractivity contribution in [3.8, 4) is 0 Å². The van der Waals surface area contributed by atoms with Crippen LogP contribution in [0, 0.1) is 0 Å². The summed E-state index contributed by atoms with van der Waals surface area (Å²) in [4.78, 5) is 0. The van der Waals surface area contributed by atoms with Gasteiger partial charge in [-0.1, -0.05) is 35.4 Å². The molecule has 4 nitrogen and oxygen atoms in total. The number of anilines is 1. The molecule has 3 rings (SSSR count). The minimum atomic E-state index is 0. The van der Waals surface area contributed by atoms with Crippen molar-refractivity contribution in [3.63, 3.8) is 0 Å². The summed E-state index contributed by atoms with van der Waals surface area (Å²) in [5, 5.41) is 14.8. The highest BCUT2D eigenvalue weighted by Gasteiger charge is 2.04. The third-order valence-corrected chi connectivity index (χ3v) is 4.06. The van der Waals surface area contributed by atoms with Gasteiger partial charge in [-0.2, -0.15) is 0 Å². The Morgan fingerprint density at radius 1 is 1.09 bits per heavy atom. The van der Waals surface area contributed by atoms with Crippen LogP contribution in [-0.4, -0.2) is 4.57 Å². The van der Waals surface area contributed by atoms with Crippen LogP contribution in [0.2, 0.25) is 0 Å². The number of hydrogen-bond donors (Lipinski definition) is 1. The first-order valence-corrected chi connectivity index (χ1v) is 7.92. The average Bonchev–Trinajstić information content (AvgIpc) is 2.98. The Bertz CT molecular complexity index is 754. The van der Waals surface area contributed by atoms with E-state index in [0.29, 0.717) is 0 Å². The van der Waals surface area contributed by atoms with Gasteiger partial charge in [0.1, 0.15) is 0 Å². The van der Waals surface area contributed by atoms with E-state index in [-0.39, 0.29) is 12.4 Å². The van der Waals surface area contributed by atoms with E-state index in [1.807, 2.05) is 65.7 Å². The summed E-state index contributed by atoms with van der Waals surface area (Å²) >= 11 is 1.57. The minimum Gasteiger partial charge on any atom is -1.00 e. The molecule has 2 aromatic carbocycles. The molecule has 0 unspecified atom stereocenters. The van der Waals surface area contributed by atoms with E-state index in [2.05, 4.69) is 27.7 Å². The van der Waals surface area contributed by atoms with Crippen molar-refractivity contribution in [2.75, 3.05) is 5.32 Å². The van der Waals surface area contributed by atoms with E-state index in [1.165, 1.54) is 5.56 Å². The van der Waals surface area contributed by atoms with Gasteiger partial charge in [0.25, 0.3) is 0 Å². The Balaban J connectivity index is 0.00000192. The van der Waals surface area contributed by atoms with Gasteiger partial charge in [0.15, 0.2) is 11.6 Å². The number of nitrogens with zero attached hydrogens (tertiary/aromatic N) is 3. The lowest BCUT2D eigenvalue weighted by atomic mass is 10.2. The van der Waals surface area contributed by atoms with E-state index in [0.717, 1.165) is 23.1 Å². The third-order valence-electron chi connectivity index (χ3n) is 3.22. The number of nitrogens with one attached hydrogen (secondary N) is 1.